The lowest BCUT2D eigenvalue weighted by atomic mass is 9.83. The van der Waals surface area contributed by atoms with Crippen LogP contribution in [0.3, 0.4) is 0 Å². The number of rotatable bonds is 6. The Morgan fingerprint density at radius 1 is 0.327 bits per heavy atom. The number of para-hydroxylation sites is 1. The van der Waals surface area contributed by atoms with Crippen molar-refractivity contribution in [3.05, 3.63) is 212 Å². The fraction of sp³-hybridized carbons (Fsp3) is 0. The van der Waals surface area contributed by atoms with Crippen LogP contribution in [0.5, 0.6) is 0 Å². The van der Waals surface area contributed by atoms with E-state index in [1.807, 2.05) is 36.4 Å². The highest BCUT2D eigenvalue weighted by Crippen LogP contribution is 2.47. The normalized spacial score (nSPS) is 11.3. The summed E-state index contributed by atoms with van der Waals surface area (Å²) in [6.45, 7) is 0. The van der Waals surface area contributed by atoms with Crippen molar-refractivity contribution in [1.82, 2.24) is 0 Å². The molecule has 0 aliphatic rings. The summed E-state index contributed by atoms with van der Waals surface area (Å²) in [7, 11) is 0. The molecule has 0 aliphatic carbocycles. The van der Waals surface area contributed by atoms with Crippen molar-refractivity contribution in [2.45, 2.75) is 0 Å². The zero-order valence-electron chi connectivity index (χ0n) is 30.0. The van der Waals surface area contributed by atoms with Gasteiger partial charge < -0.3 is 4.90 Å². The zero-order chi connectivity index (χ0) is 36.7. The van der Waals surface area contributed by atoms with Crippen LogP contribution in [0.2, 0.25) is 0 Å². The lowest BCUT2D eigenvalue weighted by Crippen LogP contribution is -2.09. The van der Waals surface area contributed by atoms with Gasteiger partial charge in [-0.1, -0.05) is 158 Å². The van der Waals surface area contributed by atoms with E-state index in [2.05, 4.69) is 181 Å². The zero-order valence-corrected chi connectivity index (χ0v) is 30.0. The highest BCUT2D eigenvalue weighted by atomic mass is 15.1. The summed E-state index contributed by atoms with van der Waals surface area (Å²) in [6, 6.07) is 75.9. The van der Waals surface area contributed by atoms with Gasteiger partial charge in [-0.15, -0.1) is 0 Å². The van der Waals surface area contributed by atoms with Crippen molar-refractivity contribution in [1.29, 1.82) is 5.26 Å². The minimum absolute atomic E-state index is 0.628. The Hall–Kier alpha value is -7.47. The number of hydrogen-bond acceptors (Lipinski definition) is 2. The van der Waals surface area contributed by atoms with Crippen LogP contribution in [0.1, 0.15) is 5.56 Å². The molecule has 0 fully saturated rings. The smallest absolute Gasteiger partial charge is 0.0992 e. The Balaban J connectivity index is 1.21. The maximum Gasteiger partial charge on any atom is 0.0992 e. The van der Waals surface area contributed by atoms with Gasteiger partial charge in [0.15, 0.2) is 0 Å². The van der Waals surface area contributed by atoms with Crippen molar-refractivity contribution >= 4 is 60.2 Å². The predicted octanol–water partition coefficient (Wildman–Crippen LogP) is 14.6. The van der Waals surface area contributed by atoms with Crippen LogP contribution in [0.15, 0.2) is 206 Å². The van der Waals surface area contributed by atoms with Crippen LogP contribution in [-0.4, -0.2) is 0 Å². The molecule has 0 aromatic heterocycles. The van der Waals surface area contributed by atoms with Crippen LogP contribution < -0.4 is 4.90 Å². The molecule has 2 heteroatoms. The maximum absolute atomic E-state index is 9.69. The first-order chi connectivity index (χ1) is 27.2. The third-order valence-electron chi connectivity index (χ3n) is 10.8. The number of benzene rings is 10. The van der Waals surface area contributed by atoms with E-state index in [4.69, 9.17) is 0 Å². The molecule has 2 nitrogen and oxygen atoms in total. The maximum atomic E-state index is 9.69. The van der Waals surface area contributed by atoms with Gasteiger partial charge in [-0.25, -0.2) is 0 Å². The summed E-state index contributed by atoms with van der Waals surface area (Å²) in [5.41, 5.74) is 10.9. The van der Waals surface area contributed by atoms with Gasteiger partial charge in [-0.3, -0.25) is 0 Å². The van der Waals surface area contributed by atoms with E-state index in [1.54, 1.807) is 0 Å². The van der Waals surface area contributed by atoms with E-state index < -0.39 is 0 Å². The lowest BCUT2D eigenvalue weighted by molar-refractivity contribution is 1.28. The van der Waals surface area contributed by atoms with Crippen LogP contribution in [0.4, 0.5) is 17.1 Å². The van der Waals surface area contributed by atoms with Crippen molar-refractivity contribution in [2.75, 3.05) is 4.90 Å². The van der Waals surface area contributed by atoms with Gasteiger partial charge in [0, 0.05) is 17.1 Å². The second kappa shape index (κ2) is 13.5. The van der Waals surface area contributed by atoms with E-state index in [-0.39, 0.29) is 0 Å². The van der Waals surface area contributed by atoms with E-state index >= 15 is 0 Å². The second-order valence-corrected chi connectivity index (χ2v) is 14.0. The largest absolute Gasteiger partial charge is 0.310 e. The summed E-state index contributed by atoms with van der Waals surface area (Å²) in [4.78, 5) is 2.20. The first-order valence-electron chi connectivity index (χ1n) is 18.7. The van der Waals surface area contributed by atoms with Gasteiger partial charge in [0.25, 0.3) is 0 Å². The third kappa shape index (κ3) is 5.59. The van der Waals surface area contributed by atoms with Crippen LogP contribution in [0.25, 0.3) is 76.5 Å². The molecule has 0 N–H and O–H groups in total. The average Bonchev–Trinajstić information content (AvgIpc) is 3.26. The number of nitrogens with zero attached hydrogens (tertiary/aromatic N) is 2. The third-order valence-corrected chi connectivity index (χ3v) is 10.8. The molecule has 0 amide bonds. The van der Waals surface area contributed by atoms with Gasteiger partial charge in [0.05, 0.1) is 11.6 Å². The van der Waals surface area contributed by atoms with Crippen LogP contribution in [0, 0.1) is 11.3 Å². The Morgan fingerprint density at radius 2 is 0.800 bits per heavy atom. The highest BCUT2D eigenvalue weighted by molar-refractivity contribution is 6.25. The number of fused-ring (bicyclic) bond motifs is 4. The molecule has 10 rings (SSSR count). The molecule has 55 heavy (non-hydrogen) atoms. The first kappa shape index (κ1) is 32.2. The predicted molar refractivity (Wildman–Crippen MR) is 232 cm³/mol. The molecule has 0 unspecified atom stereocenters. The minimum atomic E-state index is 0.628. The molecular formula is C53H34N2. The van der Waals surface area contributed by atoms with Gasteiger partial charge in [0.1, 0.15) is 0 Å². The Morgan fingerprint density at radius 3 is 1.44 bits per heavy atom. The van der Waals surface area contributed by atoms with Crippen molar-refractivity contribution in [3.63, 3.8) is 0 Å². The molecule has 0 bridgehead atoms. The number of anilines is 3. The molecule has 10 aromatic carbocycles. The van der Waals surface area contributed by atoms with E-state index in [1.165, 1.54) is 65.3 Å². The summed E-state index contributed by atoms with van der Waals surface area (Å²) in [6.07, 6.45) is 0. The first-order valence-corrected chi connectivity index (χ1v) is 18.7. The molecule has 0 saturated carbocycles. The SMILES string of the molecule is N#Cc1cccc(N(c2ccccc2)c2ccc(-c3ccc4c(-c5cccc6ccccc56)c5ccccc5c(-c5cccc6ccccc56)c4c3)cc2)c1. The van der Waals surface area contributed by atoms with Crippen molar-refractivity contribution in [3.8, 4) is 39.4 Å². The van der Waals surface area contributed by atoms with Crippen molar-refractivity contribution < 1.29 is 0 Å². The molecule has 256 valence electrons. The summed E-state index contributed by atoms with van der Waals surface area (Å²) in [5.74, 6) is 0. The van der Waals surface area contributed by atoms with Crippen LogP contribution in [-0.2, 0) is 0 Å². The molecular weight excluding hydrogens is 665 g/mol. The molecule has 0 aliphatic heterocycles. The average molecular weight is 699 g/mol. The second-order valence-electron chi connectivity index (χ2n) is 14.0. The van der Waals surface area contributed by atoms with Crippen molar-refractivity contribution in [2.24, 2.45) is 0 Å². The molecule has 0 saturated heterocycles. The minimum Gasteiger partial charge on any atom is -0.310 e. The lowest BCUT2D eigenvalue weighted by Gasteiger charge is -2.25. The molecule has 0 radical (unpaired) electrons. The van der Waals surface area contributed by atoms with Gasteiger partial charge in [-0.2, -0.15) is 5.26 Å². The fourth-order valence-electron chi connectivity index (χ4n) is 8.37. The summed E-state index contributed by atoms with van der Waals surface area (Å²) >= 11 is 0. The standard InChI is InChI=1S/C53H34N2/c54-35-36-13-10-20-43(33-36)55(41-18-2-1-3-19-41)42-30-27-37(28-31-42)40-29-32-50-51(34-40)53(47-26-12-17-39-15-5-7-22-45(39)47)49-24-9-8-23-48(49)52(50)46-25-11-16-38-14-4-6-21-44(38)46/h1-34H. The molecule has 0 atom stereocenters. The van der Waals surface area contributed by atoms with E-state index in [9.17, 15) is 5.26 Å². The Labute approximate surface area is 320 Å². The highest BCUT2D eigenvalue weighted by Gasteiger charge is 2.20. The number of nitriles is 1. The quantitative estimate of drug-likeness (QED) is 0.162. The Bertz CT molecular complexity index is 3090. The fourth-order valence-corrected chi connectivity index (χ4v) is 8.37. The van der Waals surface area contributed by atoms with Crippen LogP contribution >= 0.6 is 0 Å². The topological polar surface area (TPSA) is 27.0 Å². The molecule has 10 aromatic rings. The van der Waals surface area contributed by atoms with Gasteiger partial charge >= 0.3 is 0 Å². The van der Waals surface area contributed by atoms with Gasteiger partial charge in [-0.05, 0) is 125 Å². The van der Waals surface area contributed by atoms with E-state index in [0.29, 0.717) is 5.56 Å². The van der Waals surface area contributed by atoms with Gasteiger partial charge in [0.2, 0.25) is 0 Å². The Kier molecular flexibility index (Phi) is 7.90. The van der Waals surface area contributed by atoms with E-state index in [0.717, 1.165) is 28.2 Å². The monoisotopic (exact) mass is 698 g/mol. The molecule has 0 spiro atoms. The summed E-state index contributed by atoms with van der Waals surface area (Å²) < 4.78 is 0. The number of hydrogen-bond donors (Lipinski definition) is 0. The molecule has 0 heterocycles. The summed E-state index contributed by atoms with van der Waals surface area (Å²) in [5, 5.41) is 19.6.